The third kappa shape index (κ3) is 3.35. The molecular weight excluding hydrogens is 248 g/mol. The lowest BCUT2D eigenvalue weighted by molar-refractivity contribution is -1.09. The normalized spacial score (nSPS) is 33.3. The number of hydrogen-bond acceptors (Lipinski definition) is 2. The topological polar surface area (TPSA) is 6.48 Å². The van der Waals surface area contributed by atoms with E-state index in [1.807, 2.05) is 0 Å². The van der Waals surface area contributed by atoms with E-state index in [2.05, 4.69) is 37.5 Å². The molecule has 0 N–H and O–H groups in total. The van der Waals surface area contributed by atoms with Crippen LogP contribution in [0.15, 0.2) is 0 Å². The van der Waals surface area contributed by atoms with Crippen molar-refractivity contribution in [2.75, 3.05) is 78.8 Å². The van der Waals surface area contributed by atoms with Crippen LogP contribution >= 0.6 is 0 Å². The molecule has 0 aromatic rings. The molecule has 3 rings (SSSR count). The van der Waals surface area contributed by atoms with Gasteiger partial charge in [0, 0.05) is 26.2 Å². The Bertz CT molecular complexity index is 242. The molecule has 0 spiro atoms. The number of piperazine rings is 3. The molecular formula is C16H36N4+2. The standard InChI is InChI=1S/C16H36N4/c1-5-17(6-2)15-19-9-12-20(13-10-19,14-11-19)16-18(7-3)8-4/h5-16H2,1-4H3/q+2. The molecule has 118 valence electrons. The summed E-state index contributed by atoms with van der Waals surface area (Å²) in [5.74, 6) is 0. The largest absolute Gasteiger partial charge is 0.297 e. The number of hydrogen-bond donors (Lipinski definition) is 0. The summed E-state index contributed by atoms with van der Waals surface area (Å²) in [6.45, 7) is 25.0. The minimum atomic E-state index is 1.20. The molecule has 0 aromatic carbocycles. The van der Waals surface area contributed by atoms with Gasteiger partial charge in [-0.1, -0.05) is 27.7 Å². The molecule has 4 nitrogen and oxygen atoms in total. The molecule has 0 aromatic heterocycles. The van der Waals surface area contributed by atoms with Crippen LogP contribution in [0.25, 0.3) is 0 Å². The van der Waals surface area contributed by atoms with Crippen molar-refractivity contribution in [2.24, 2.45) is 0 Å². The zero-order valence-corrected chi connectivity index (χ0v) is 14.3. The first-order valence-corrected chi connectivity index (χ1v) is 8.76. The third-order valence-corrected chi connectivity index (χ3v) is 5.93. The van der Waals surface area contributed by atoms with Gasteiger partial charge in [0.15, 0.2) is 0 Å². The SMILES string of the molecule is CCN(CC)C[N+]12CC[N+](CN(CC)CC)(CC1)CC2. The first-order valence-electron chi connectivity index (χ1n) is 8.76. The highest BCUT2D eigenvalue weighted by Gasteiger charge is 2.49. The van der Waals surface area contributed by atoms with Gasteiger partial charge < -0.3 is 0 Å². The van der Waals surface area contributed by atoms with Crippen LogP contribution in [0.2, 0.25) is 0 Å². The van der Waals surface area contributed by atoms with E-state index in [0.29, 0.717) is 0 Å². The first kappa shape index (κ1) is 16.2. The number of fused-ring (bicyclic) bond motifs is 3. The molecule has 3 heterocycles. The summed E-state index contributed by atoms with van der Waals surface area (Å²) in [6, 6.07) is 0. The van der Waals surface area contributed by atoms with E-state index in [1.165, 1.54) is 87.8 Å². The molecule has 20 heavy (non-hydrogen) atoms. The van der Waals surface area contributed by atoms with E-state index < -0.39 is 0 Å². The molecule has 0 radical (unpaired) electrons. The van der Waals surface area contributed by atoms with Crippen molar-refractivity contribution in [1.29, 1.82) is 0 Å². The molecule has 3 saturated heterocycles. The molecule has 0 unspecified atom stereocenters. The van der Waals surface area contributed by atoms with E-state index in [9.17, 15) is 0 Å². The summed E-state index contributed by atoms with van der Waals surface area (Å²) in [4.78, 5) is 5.24. The van der Waals surface area contributed by atoms with E-state index in [4.69, 9.17) is 0 Å². The fourth-order valence-corrected chi connectivity index (χ4v) is 4.06. The van der Waals surface area contributed by atoms with Crippen LogP contribution in [0.5, 0.6) is 0 Å². The highest BCUT2D eigenvalue weighted by Crippen LogP contribution is 2.27. The van der Waals surface area contributed by atoms with Gasteiger partial charge in [-0.25, -0.2) is 0 Å². The van der Waals surface area contributed by atoms with Crippen molar-refractivity contribution in [1.82, 2.24) is 9.80 Å². The van der Waals surface area contributed by atoms with Gasteiger partial charge >= 0.3 is 0 Å². The Labute approximate surface area is 126 Å². The average molecular weight is 284 g/mol. The van der Waals surface area contributed by atoms with Crippen LogP contribution in [-0.2, 0) is 0 Å². The smallest absolute Gasteiger partial charge is 0.135 e. The molecule has 2 bridgehead atoms. The van der Waals surface area contributed by atoms with Crippen molar-refractivity contribution < 1.29 is 8.97 Å². The molecule has 3 aliphatic rings. The predicted octanol–water partition coefficient (Wildman–Crippen LogP) is 1.25. The fourth-order valence-electron chi connectivity index (χ4n) is 4.06. The van der Waals surface area contributed by atoms with Crippen LogP contribution in [0.3, 0.4) is 0 Å². The zero-order valence-electron chi connectivity index (χ0n) is 14.3. The molecule has 0 atom stereocenters. The Morgan fingerprint density at radius 1 is 0.550 bits per heavy atom. The van der Waals surface area contributed by atoms with E-state index >= 15 is 0 Å². The van der Waals surface area contributed by atoms with Crippen molar-refractivity contribution in [3.63, 3.8) is 0 Å². The first-order chi connectivity index (χ1) is 9.61. The maximum Gasteiger partial charge on any atom is 0.135 e. The van der Waals surface area contributed by atoms with E-state index in [1.54, 1.807) is 0 Å². The van der Waals surface area contributed by atoms with Crippen LogP contribution in [0.4, 0.5) is 0 Å². The van der Waals surface area contributed by atoms with Crippen molar-refractivity contribution in [3.05, 3.63) is 0 Å². The summed E-state index contributed by atoms with van der Waals surface area (Å²) >= 11 is 0. The molecule has 3 aliphatic heterocycles. The molecule has 0 amide bonds. The van der Waals surface area contributed by atoms with Crippen molar-refractivity contribution in [2.45, 2.75) is 27.7 Å². The zero-order chi connectivity index (χ0) is 14.6. The predicted molar refractivity (Wildman–Crippen MR) is 85.3 cm³/mol. The van der Waals surface area contributed by atoms with Gasteiger partial charge in [-0.05, 0) is 0 Å². The Morgan fingerprint density at radius 2 is 0.800 bits per heavy atom. The molecule has 0 aliphatic carbocycles. The quantitative estimate of drug-likeness (QED) is 0.619. The Balaban J connectivity index is 1.93. The van der Waals surface area contributed by atoms with Gasteiger partial charge in [0.25, 0.3) is 0 Å². The van der Waals surface area contributed by atoms with Crippen LogP contribution < -0.4 is 0 Å². The second-order valence-corrected chi connectivity index (χ2v) is 6.91. The lowest BCUT2D eigenvalue weighted by Gasteiger charge is -2.57. The van der Waals surface area contributed by atoms with Crippen molar-refractivity contribution in [3.8, 4) is 0 Å². The summed E-state index contributed by atoms with van der Waals surface area (Å²) < 4.78 is 2.75. The molecule has 3 fully saturated rings. The lowest BCUT2D eigenvalue weighted by Crippen LogP contribution is -2.77. The van der Waals surface area contributed by atoms with Gasteiger partial charge in [-0.3, -0.25) is 18.8 Å². The van der Waals surface area contributed by atoms with Gasteiger partial charge in [-0.15, -0.1) is 0 Å². The minimum Gasteiger partial charge on any atom is -0.297 e. The van der Waals surface area contributed by atoms with Gasteiger partial charge in [0.1, 0.15) is 52.6 Å². The lowest BCUT2D eigenvalue weighted by atomic mass is 10.1. The van der Waals surface area contributed by atoms with E-state index in [0.717, 1.165) is 0 Å². The van der Waals surface area contributed by atoms with E-state index in [-0.39, 0.29) is 0 Å². The molecule has 4 heteroatoms. The van der Waals surface area contributed by atoms with Crippen LogP contribution in [-0.4, -0.2) is 97.6 Å². The fraction of sp³-hybridized carbons (Fsp3) is 1.00. The van der Waals surface area contributed by atoms with Crippen LogP contribution in [0.1, 0.15) is 27.7 Å². The van der Waals surface area contributed by atoms with Gasteiger partial charge in [-0.2, -0.15) is 0 Å². The number of quaternary nitrogens is 2. The van der Waals surface area contributed by atoms with Gasteiger partial charge in [0.05, 0.1) is 0 Å². The maximum atomic E-state index is 2.62. The van der Waals surface area contributed by atoms with Gasteiger partial charge in [0.2, 0.25) is 0 Å². The third-order valence-electron chi connectivity index (χ3n) is 5.93. The number of rotatable bonds is 8. The second-order valence-electron chi connectivity index (χ2n) is 6.91. The summed E-state index contributed by atoms with van der Waals surface area (Å²) in [5.41, 5.74) is 0. The summed E-state index contributed by atoms with van der Waals surface area (Å²) in [6.07, 6.45) is 0. The minimum absolute atomic E-state index is 1.20. The number of nitrogens with zero attached hydrogens (tertiary/aromatic N) is 4. The Hall–Kier alpha value is -0.160. The summed E-state index contributed by atoms with van der Waals surface area (Å²) in [5, 5.41) is 0. The Morgan fingerprint density at radius 3 is 1.00 bits per heavy atom. The summed E-state index contributed by atoms with van der Waals surface area (Å²) in [7, 11) is 0. The van der Waals surface area contributed by atoms with Crippen molar-refractivity contribution >= 4 is 0 Å². The maximum absolute atomic E-state index is 2.62. The highest BCUT2D eigenvalue weighted by molar-refractivity contribution is 4.63. The molecule has 0 saturated carbocycles. The van der Waals surface area contributed by atoms with Crippen LogP contribution in [0, 0.1) is 0 Å². The Kier molecular flexibility index (Phi) is 5.46. The highest BCUT2D eigenvalue weighted by atomic mass is 15.6. The monoisotopic (exact) mass is 284 g/mol. The second kappa shape index (κ2) is 6.73. The average Bonchev–Trinajstić information content (AvgIpc) is 2.52.